The topological polar surface area (TPSA) is 46.2 Å². The molecule has 0 spiro atoms. The lowest BCUT2D eigenvalue weighted by Crippen LogP contribution is -2.42. The largest absolute Gasteiger partial charge is 0.394 e. The molecule has 3 N–H and O–H groups in total. The Morgan fingerprint density at radius 3 is 2.93 bits per heavy atom. The van der Waals surface area contributed by atoms with Crippen LogP contribution in [-0.4, -0.2) is 11.7 Å². The standard InChI is InChI=1S/C12H19NOS/c1-8(2)11-6-9-10(15-11)4-3-5-12(9,13)7-14/h6,8,14H,3-5,7,13H2,1-2H3. The van der Waals surface area contributed by atoms with Crippen molar-refractivity contribution in [2.75, 3.05) is 6.61 Å². The first-order valence-corrected chi connectivity index (χ1v) is 6.41. The molecular weight excluding hydrogens is 206 g/mol. The maximum atomic E-state index is 9.42. The van der Waals surface area contributed by atoms with Crippen molar-refractivity contribution in [2.24, 2.45) is 5.73 Å². The maximum absolute atomic E-state index is 9.42. The molecule has 1 aromatic rings. The molecule has 1 atom stereocenters. The number of aryl methyl sites for hydroxylation is 1. The molecule has 0 amide bonds. The van der Waals surface area contributed by atoms with Crippen LogP contribution in [0.5, 0.6) is 0 Å². The van der Waals surface area contributed by atoms with Gasteiger partial charge in [0.15, 0.2) is 0 Å². The maximum Gasteiger partial charge on any atom is 0.0655 e. The van der Waals surface area contributed by atoms with E-state index in [1.54, 1.807) is 0 Å². The van der Waals surface area contributed by atoms with Crippen LogP contribution in [0.2, 0.25) is 0 Å². The third-order valence-electron chi connectivity index (χ3n) is 3.24. The summed E-state index contributed by atoms with van der Waals surface area (Å²) < 4.78 is 0. The molecule has 0 saturated carbocycles. The monoisotopic (exact) mass is 225 g/mol. The normalized spacial score (nSPS) is 25.7. The number of thiophene rings is 1. The van der Waals surface area contributed by atoms with Crippen molar-refractivity contribution < 1.29 is 5.11 Å². The van der Waals surface area contributed by atoms with Crippen molar-refractivity contribution in [1.82, 2.24) is 0 Å². The fourth-order valence-corrected chi connectivity index (χ4v) is 3.52. The van der Waals surface area contributed by atoms with E-state index in [1.807, 2.05) is 11.3 Å². The van der Waals surface area contributed by atoms with Crippen molar-refractivity contribution in [2.45, 2.75) is 44.6 Å². The van der Waals surface area contributed by atoms with Crippen LogP contribution >= 0.6 is 11.3 Å². The van der Waals surface area contributed by atoms with Gasteiger partial charge in [0.25, 0.3) is 0 Å². The smallest absolute Gasteiger partial charge is 0.0655 e. The molecule has 2 rings (SSSR count). The molecule has 15 heavy (non-hydrogen) atoms. The number of nitrogens with two attached hydrogens (primary N) is 1. The summed E-state index contributed by atoms with van der Waals surface area (Å²) in [6.07, 6.45) is 3.14. The molecule has 84 valence electrons. The Hall–Kier alpha value is -0.380. The number of rotatable bonds is 2. The zero-order chi connectivity index (χ0) is 11.1. The Labute approximate surface area is 95.1 Å². The molecule has 0 fully saturated rings. The lowest BCUT2D eigenvalue weighted by atomic mass is 9.81. The fourth-order valence-electron chi connectivity index (χ4n) is 2.20. The van der Waals surface area contributed by atoms with Gasteiger partial charge in [-0.15, -0.1) is 11.3 Å². The van der Waals surface area contributed by atoms with Gasteiger partial charge in [-0.3, -0.25) is 0 Å². The molecule has 0 radical (unpaired) electrons. The van der Waals surface area contributed by atoms with Crippen molar-refractivity contribution >= 4 is 11.3 Å². The van der Waals surface area contributed by atoms with Gasteiger partial charge in [0.05, 0.1) is 12.1 Å². The van der Waals surface area contributed by atoms with Crippen LogP contribution in [0.15, 0.2) is 6.07 Å². The van der Waals surface area contributed by atoms with Crippen LogP contribution in [0.1, 0.15) is 47.9 Å². The molecule has 1 aliphatic carbocycles. The average molecular weight is 225 g/mol. The van der Waals surface area contributed by atoms with E-state index in [2.05, 4.69) is 19.9 Å². The van der Waals surface area contributed by atoms with Gasteiger partial charge < -0.3 is 10.8 Å². The summed E-state index contributed by atoms with van der Waals surface area (Å²) >= 11 is 1.87. The second kappa shape index (κ2) is 3.89. The number of hydrogen-bond acceptors (Lipinski definition) is 3. The molecular formula is C12H19NOS. The van der Waals surface area contributed by atoms with Gasteiger partial charge in [-0.1, -0.05) is 13.8 Å². The van der Waals surface area contributed by atoms with E-state index < -0.39 is 5.54 Å². The summed E-state index contributed by atoms with van der Waals surface area (Å²) in [6.45, 7) is 4.47. The SMILES string of the molecule is CC(C)c1cc2c(s1)CCCC2(N)CO. The average Bonchev–Trinajstić information content (AvgIpc) is 2.63. The zero-order valence-electron chi connectivity index (χ0n) is 9.42. The molecule has 0 bridgehead atoms. The van der Waals surface area contributed by atoms with Gasteiger partial charge in [0, 0.05) is 9.75 Å². The Kier molecular flexibility index (Phi) is 2.88. The van der Waals surface area contributed by atoms with Crippen molar-refractivity contribution in [1.29, 1.82) is 0 Å². The number of aliphatic hydroxyl groups is 1. The molecule has 1 heterocycles. The summed E-state index contributed by atoms with van der Waals surface area (Å²) in [4.78, 5) is 2.78. The minimum atomic E-state index is -0.475. The lowest BCUT2D eigenvalue weighted by molar-refractivity contribution is 0.179. The predicted octanol–water partition coefficient (Wildman–Crippen LogP) is 2.35. The lowest BCUT2D eigenvalue weighted by Gasteiger charge is -2.31. The molecule has 0 aliphatic heterocycles. The first-order chi connectivity index (χ1) is 7.07. The third kappa shape index (κ3) is 1.84. The van der Waals surface area contributed by atoms with Gasteiger partial charge in [0.2, 0.25) is 0 Å². The highest BCUT2D eigenvalue weighted by molar-refractivity contribution is 7.12. The van der Waals surface area contributed by atoms with E-state index in [0.29, 0.717) is 5.92 Å². The molecule has 3 heteroatoms. The van der Waals surface area contributed by atoms with E-state index in [0.717, 1.165) is 19.3 Å². The van der Waals surface area contributed by atoms with Gasteiger partial charge >= 0.3 is 0 Å². The minimum Gasteiger partial charge on any atom is -0.394 e. The Bertz CT molecular complexity index is 359. The molecule has 0 aromatic carbocycles. The first kappa shape index (κ1) is 11.1. The third-order valence-corrected chi connectivity index (χ3v) is 4.74. The Morgan fingerprint density at radius 2 is 2.33 bits per heavy atom. The van der Waals surface area contributed by atoms with Crippen molar-refractivity contribution in [3.8, 4) is 0 Å². The zero-order valence-corrected chi connectivity index (χ0v) is 10.2. The van der Waals surface area contributed by atoms with Crippen molar-refractivity contribution in [3.05, 3.63) is 21.4 Å². The summed E-state index contributed by atoms with van der Waals surface area (Å²) in [5.41, 5.74) is 6.96. The number of hydrogen-bond donors (Lipinski definition) is 2. The highest BCUT2D eigenvalue weighted by atomic mass is 32.1. The minimum absolute atomic E-state index is 0.0638. The van der Waals surface area contributed by atoms with E-state index >= 15 is 0 Å². The summed E-state index contributed by atoms with van der Waals surface area (Å²) in [6, 6.07) is 2.21. The van der Waals surface area contributed by atoms with Gasteiger partial charge in [-0.05, 0) is 36.8 Å². The molecule has 1 unspecified atom stereocenters. The second-order valence-corrected chi connectivity index (χ2v) is 5.98. The molecule has 2 nitrogen and oxygen atoms in total. The summed E-state index contributed by atoms with van der Waals surface area (Å²) in [5, 5.41) is 9.42. The Morgan fingerprint density at radius 1 is 1.60 bits per heavy atom. The quantitative estimate of drug-likeness (QED) is 0.811. The summed E-state index contributed by atoms with van der Waals surface area (Å²) in [7, 11) is 0. The van der Waals surface area contributed by atoms with Crippen LogP contribution in [0, 0.1) is 0 Å². The van der Waals surface area contributed by atoms with Crippen LogP contribution in [-0.2, 0) is 12.0 Å². The van der Waals surface area contributed by atoms with Crippen LogP contribution in [0.3, 0.4) is 0 Å². The van der Waals surface area contributed by atoms with E-state index in [-0.39, 0.29) is 6.61 Å². The highest BCUT2D eigenvalue weighted by Crippen LogP contribution is 2.40. The summed E-state index contributed by atoms with van der Waals surface area (Å²) in [5.74, 6) is 0.559. The van der Waals surface area contributed by atoms with E-state index in [1.165, 1.54) is 15.3 Å². The predicted molar refractivity (Wildman–Crippen MR) is 64.3 cm³/mol. The Balaban J connectivity index is 2.43. The van der Waals surface area contributed by atoms with Gasteiger partial charge in [-0.2, -0.15) is 0 Å². The van der Waals surface area contributed by atoms with Gasteiger partial charge in [-0.25, -0.2) is 0 Å². The van der Waals surface area contributed by atoms with Crippen LogP contribution < -0.4 is 5.73 Å². The molecule has 1 aromatic heterocycles. The van der Waals surface area contributed by atoms with E-state index in [9.17, 15) is 5.11 Å². The van der Waals surface area contributed by atoms with E-state index in [4.69, 9.17) is 5.73 Å². The first-order valence-electron chi connectivity index (χ1n) is 5.59. The second-order valence-electron chi connectivity index (χ2n) is 4.81. The molecule has 1 aliphatic rings. The van der Waals surface area contributed by atoms with Gasteiger partial charge in [0.1, 0.15) is 0 Å². The van der Waals surface area contributed by atoms with Crippen LogP contribution in [0.4, 0.5) is 0 Å². The fraction of sp³-hybridized carbons (Fsp3) is 0.667. The van der Waals surface area contributed by atoms with Crippen LogP contribution in [0.25, 0.3) is 0 Å². The highest BCUT2D eigenvalue weighted by Gasteiger charge is 2.33. The number of aliphatic hydroxyl groups excluding tert-OH is 1. The number of fused-ring (bicyclic) bond motifs is 1. The van der Waals surface area contributed by atoms with Crippen molar-refractivity contribution in [3.63, 3.8) is 0 Å². The molecule has 0 saturated heterocycles.